The highest BCUT2D eigenvalue weighted by molar-refractivity contribution is 5.90. The van der Waals surface area contributed by atoms with Gasteiger partial charge in [-0.25, -0.2) is 4.79 Å². The van der Waals surface area contributed by atoms with Crippen LogP contribution in [0.2, 0.25) is 0 Å². The number of ether oxygens (including phenoxy) is 4. The summed E-state index contributed by atoms with van der Waals surface area (Å²) in [4.78, 5) is 27.1. The minimum absolute atomic E-state index is 0.0108. The van der Waals surface area contributed by atoms with Crippen LogP contribution < -0.4 is 29.6 Å². The summed E-state index contributed by atoms with van der Waals surface area (Å²) in [7, 11) is 4.59. The number of hydrogen-bond acceptors (Lipinski definition) is 6. The van der Waals surface area contributed by atoms with E-state index in [1.54, 1.807) is 17.0 Å². The van der Waals surface area contributed by atoms with Crippen molar-refractivity contribution in [2.75, 3.05) is 46.3 Å². The van der Waals surface area contributed by atoms with Crippen LogP contribution in [0.5, 0.6) is 23.0 Å². The van der Waals surface area contributed by atoms with E-state index in [0.717, 1.165) is 24.2 Å². The predicted molar refractivity (Wildman–Crippen MR) is 133 cm³/mol. The van der Waals surface area contributed by atoms with Crippen LogP contribution in [-0.2, 0) is 11.3 Å². The van der Waals surface area contributed by atoms with Crippen molar-refractivity contribution in [1.29, 1.82) is 0 Å². The summed E-state index contributed by atoms with van der Waals surface area (Å²) in [5, 5.41) is 5.90. The fourth-order valence-electron chi connectivity index (χ4n) is 4.17. The molecular formula is C26H35N3O6. The molecule has 2 N–H and O–H groups in total. The van der Waals surface area contributed by atoms with Gasteiger partial charge in [0, 0.05) is 43.8 Å². The maximum absolute atomic E-state index is 12.8. The Kier molecular flexibility index (Phi) is 9.46. The fourth-order valence-corrected chi connectivity index (χ4v) is 4.17. The largest absolute Gasteiger partial charge is 0.494 e. The van der Waals surface area contributed by atoms with Gasteiger partial charge in [-0.05, 0) is 31.7 Å². The van der Waals surface area contributed by atoms with Crippen LogP contribution >= 0.6 is 0 Å². The first-order valence-corrected chi connectivity index (χ1v) is 11.8. The molecule has 35 heavy (non-hydrogen) atoms. The van der Waals surface area contributed by atoms with Crippen molar-refractivity contribution in [2.45, 2.75) is 32.7 Å². The lowest BCUT2D eigenvalue weighted by atomic mass is 9.93. The summed E-state index contributed by atoms with van der Waals surface area (Å²) < 4.78 is 21.6. The van der Waals surface area contributed by atoms with Gasteiger partial charge in [-0.3, -0.25) is 4.79 Å². The Hall–Kier alpha value is -3.62. The van der Waals surface area contributed by atoms with Gasteiger partial charge >= 0.3 is 6.03 Å². The molecular weight excluding hydrogens is 450 g/mol. The molecule has 0 radical (unpaired) electrons. The van der Waals surface area contributed by atoms with Crippen LogP contribution in [0.3, 0.4) is 0 Å². The summed E-state index contributed by atoms with van der Waals surface area (Å²) in [5.74, 6) is 2.45. The van der Waals surface area contributed by atoms with Gasteiger partial charge in [0.1, 0.15) is 5.75 Å². The molecule has 1 heterocycles. The van der Waals surface area contributed by atoms with Gasteiger partial charge in [0.05, 0.1) is 33.6 Å². The second-order valence-electron chi connectivity index (χ2n) is 8.30. The number of urea groups is 1. The smallest absolute Gasteiger partial charge is 0.321 e. The first-order chi connectivity index (χ1) is 17.0. The summed E-state index contributed by atoms with van der Waals surface area (Å²) in [6.07, 6.45) is 1.98. The van der Waals surface area contributed by atoms with E-state index in [9.17, 15) is 9.59 Å². The number of para-hydroxylation sites is 1. The third-order valence-corrected chi connectivity index (χ3v) is 6.04. The van der Waals surface area contributed by atoms with Crippen LogP contribution in [0.15, 0.2) is 36.4 Å². The van der Waals surface area contributed by atoms with Crippen molar-refractivity contribution in [2.24, 2.45) is 5.92 Å². The first-order valence-electron chi connectivity index (χ1n) is 11.8. The van der Waals surface area contributed by atoms with Crippen LogP contribution in [0.25, 0.3) is 0 Å². The Morgan fingerprint density at radius 3 is 2.23 bits per heavy atom. The molecule has 9 nitrogen and oxygen atoms in total. The zero-order valence-corrected chi connectivity index (χ0v) is 20.9. The highest BCUT2D eigenvalue weighted by Gasteiger charge is 2.25. The third-order valence-electron chi connectivity index (χ3n) is 6.04. The van der Waals surface area contributed by atoms with E-state index in [4.69, 9.17) is 18.9 Å². The fraction of sp³-hybridized carbons (Fsp3) is 0.462. The van der Waals surface area contributed by atoms with E-state index in [0.29, 0.717) is 55.6 Å². The second kappa shape index (κ2) is 12.7. The molecule has 0 aromatic heterocycles. The van der Waals surface area contributed by atoms with Crippen molar-refractivity contribution in [1.82, 2.24) is 10.2 Å². The molecule has 9 heteroatoms. The van der Waals surface area contributed by atoms with Gasteiger partial charge in [-0.1, -0.05) is 18.2 Å². The summed E-state index contributed by atoms with van der Waals surface area (Å²) in [6, 6.07) is 10.9. The van der Waals surface area contributed by atoms with Gasteiger partial charge < -0.3 is 34.5 Å². The van der Waals surface area contributed by atoms with Gasteiger partial charge in [0.2, 0.25) is 11.7 Å². The van der Waals surface area contributed by atoms with E-state index >= 15 is 0 Å². The molecule has 1 aliphatic rings. The number of anilines is 1. The number of nitrogens with one attached hydrogen (secondary N) is 2. The van der Waals surface area contributed by atoms with Crippen LogP contribution in [0.4, 0.5) is 10.5 Å². The topological polar surface area (TPSA) is 98.4 Å². The van der Waals surface area contributed by atoms with Crippen LogP contribution in [0.1, 0.15) is 31.7 Å². The number of carbonyl (C=O) groups is 2. The number of benzene rings is 2. The lowest BCUT2D eigenvalue weighted by Crippen LogP contribution is -2.41. The maximum Gasteiger partial charge on any atom is 0.321 e. The van der Waals surface area contributed by atoms with Gasteiger partial charge in [-0.15, -0.1) is 0 Å². The first kappa shape index (κ1) is 26.0. The summed E-state index contributed by atoms with van der Waals surface area (Å²) in [6.45, 7) is 4.12. The monoisotopic (exact) mass is 485 g/mol. The van der Waals surface area contributed by atoms with E-state index in [1.807, 2.05) is 31.2 Å². The molecule has 1 saturated heterocycles. The molecule has 0 spiro atoms. The lowest BCUT2D eigenvalue weighted by molar-refractivity contribution is -0.122. The summed E-state index contributed by atoms with van der Waals surface area (Å²) >= 11 is 0. The molecule has 0 unspecified atom stereocenters. The number of likely N-dealkylation sites (tertiary alicyclic amines) is 1. The van der Waals surface area contributed by atoms with E-state index < -0.39 is 0 Å². The Morgan fingerprint density at radius 2 is 1.63 bits per heavy atom. The Balaban J connectivity index is 1.47. The van der Waals surface area contributed by atoms with E-state index in [2.05, 4.69) is 10.6 Å². The minimum Gasteiger partial charge on any atom is -0.494 e. The number of piperidine rings is 1. The maximum atomic E-state index is 12.8. The predicted octanol–water partition coefficient (Wildman–Crippen LogP) is 4.06. The molecule has 1 aliphatic heterocycles. The average Bonchev–Trinajstić information content (AvgIpc) is 2.88. The number of rotatable bonds is 10. The molecule has 2 aromatic carbocycles. The van der Waals surface area contributed by atoms with Crippen LogP contribution in [-0.4, -0.2) is 57.9 Å². The number of carbonyl (C=O) groups excluding carboxylic acids is 2. The molecule has 0 atom stereocenters. The molecule has 3 rings (SSSR count). The molecule has 190 valence electrons. The standard InChI is InChI=1S/C26H35N3O6/c1-5-35-21-9-7-6-8-19(21)17-27-24(30)14-18-10-12-29(13-11-18)26(31)28-20-15-22(32-2)25(34-4)23(16-20)33-3/h6-9,15-16,18H,5,10-14,17H2,1-4H3,(H,27,30)(H,28,31). The Bertz CT molecular complexity index is 979. The number of hydrogen-bond donors (Lipinski definition) is 2. The minimum atomic E-state index is -0.199. The van der Waals surface area contributed by atoms with Crippen molar-refractivity contribution in [3.05, 3.63) is 42.0 Å². The molecule has 0 bridgehead atoms. The zero-order chi connectivity index (χ0) is 25.2. The van der Waals surface area contributed by atoms with Gasteiger partial charge in [-0.2, -0.15) is 0 Å². The lowest BCUT2D eigenvalue weighted by Gasteiger charge is -2.32. The molecule has 0 aliphatic carbocycles. The van der Waals surface area contributed by atoms with Gasteiger partial charge in [0.25, 0.3) is 0 Å². The van der Waals surface area contributed by atoms with E-state index in [-0.39, 0.29) is 17.9 Å². The Labute approximate surface area is 206 Å². The molecule has 0 saturated carbocycles. The number of methoxy groups -OCH3 is 3. The average molecular weight is 486 g/mol. The number of nitrogens with zero attached hydrogens (tertiary/aromatic N) is 1. The second-order valence-corrected chi connectivity index (χ2v) is 8.30. The van der Waals surface area contributed by atoms with Crippen molar-refractivity contribution < 1.29 is 28.5 Å². The van der Waals surface area contributed by atoms with Crippen LogP contribution in [0, 0.1) is 5.92 Å². The summed E-state index contributed by atoms with van der Waals surface area (Å²) in [5.41, 5.74) is 1.51. The van der Waals surface area contributed by atoms with Gasteiger partial charge in [0.15, 0.2) is 11.5 Å². The van der Waals surface area contributed by atoms with Crippen molar-refractivity contribution in [3.8, 4) is 23.0 Å². The highest BCUT2D eigenvalue weighted by Crippen LogP contribution is 2.40. The van der Waals surface area contributed by atoms with Crippen molar-refractivity contribution in [3.63, 3.8) is 0 Å². The Morgan fingerprint density at radius 1 is 0.971 bits per heavy atom. The molecule has 3 amide bonds. The van der Waals surface area contributed by atoms with Crippen molar-refractivity contribution >= 4 is 17.6 Å². The SMILES string of the molecule is CCOc1ccccc1CNC(=O)CC1CCN(C(=O)Nc2cc(OC)c(OC)c(OC)c2)CC1. The highest BCUT2D eigenvalue weighted by atomic mass is 16.5. The van der Waals surface area contributed by atoms with E-state index in [1.165, 1.54) is 21.3 Å². The quantitative estimate of drug-likeness (QED) is 0.527. The molecule has 1 fully saturated rings. The zero-order valence-electron chi connectivity index (χ0n) is 20.9. The normalized spacial score (nSPS) is 13.7. The molecule has 2 aromatic rings. The third kappa shape index (κ3) is 6.94. The number of amides is 3.